The molecule has 2 aromatic rings. The van der Waals surface area contributed by atoms with Crippen molar-refractivity contribution in [1.82, 2.24) is 10.6 Å². The molecule has 0 saturated carbocycles. The minimum atomic E-state index is -0.0252. The molecule has 0 aliphatic carbocycles. The molecule has 0 aliphatic rings. The Morgan fingerprint density at radius 1 is 1.23 bits per heavy atom. The molecular weight excluding hydrogens is 527 g/mol. The van der Waals surface area contributed by atoms with Gasteiger partial charge in [0.05, 0.1) is 0 Å². The maximum absolute atomic E-state index is 12.1. The number of aliphatic imine (C=N–C) groups is 1. The molecule has 0 spiro atoms. The van der Waals surface area contributed by atoms with Crippen molar-refractivity contribution in [3.8, 4) is 0 Å². The molecule has 0 fully saturated rings. The lowest BCUT2D eigenvalue weighted by atomic mass is 10.2. The maximum Gasteiger partial charge on any atom is 0.226 e. The van der Waals surface area contributed by atoms with E-state index in [-0.39, 0.29) is 29.9 Å². The van der Waals surface area contributed by atoms with Crippen molar-refractivity contribution in [3.63, 3.8) is 0 Å². The van der Waals surface area contributed by atoms with Gasteiger partial charge in [-0.1, -0.05) is 28.1 Å². The number of hydrogen-bond acceptors (Lipinski definition) is 3. The zero-order valence-corrected chi connectivity index (χ0v) is 19.6. The number of halogens is 2. The van der Waals surface area contributed by atoms with Gasteiger partial charge in [-0.3, -0.25) is 9.79 Å². The average molecular weight is 551 g/mol. The number of aryl methyl sites for hydroxylation is 1. The van der Waals surface area contributed by atoms with Crippen LogP contribution in [0.4, 0.5) is 5.69 Å². The lowest BCUT2D eigenvalue weighted by Crippen LogP contribution is -2.39. The SMILES string of the molecule is CN=C(NCCC(=O)Nc1cc(Br)ccc1C)NCCc1cccs1.I. The number of thiophene rings is 1. The van der Waals surface area contributed by atoms with Gasteiger partial charge >= 0.3 is 0 Å². The normalized spacial score (nSPS) is 10.8. The molecule has 1 heterocycles. The summed E-state index contributed by atoms with van der Waals surface area (Å²) in [6.45, 7) is 3.31. The van der Waals surface area contributed by atoms with Gasteiger partial charge in [-0.25, -0.2) is 0 Å². The van der Waals surface area contributed by atoms with Gasteiger partial charge in [0.15, 0.2) is 5.96 Å². The molecule has 1 amide bonds. The highest BCUT2D eigenvalue weighted by atomic mass is 127. The van der Waals surface area contributed by atoms with Crippen molar-refractivity contribution in [2.45, 2.75) is 19.8 Å². The van der Waals surface area contributed by atoms with Gasteiger partial charge in [-0.05, 0) is 42.5 Å². The Hall–Kier alpha value is -1.13. The predicted octanol–water partition coefficient (Wildman–Crippen LogP) is 4.17. The van der Waals surface area contributed by atoms with Crippen molar-refractivity contribution >= 4 is 68.8 Å². The number of guanidine groups is 1. The van der Waals surface area contributed by atoms with Crippen LogP contribution in [-0.2, 0) is 11.2 Å². The molecule has 3 N–H and O–H groups in total. The fraction of sp³-hybridized carbons (Fsp3) is 0.333. The second-order valence-corrected chi connectivity index (χ2v) is 7.46. The number of rotatable bonds is 7. The van der Waals surface area contributed by atoms with E-state index in [1.54, 1.807) is 18.4 Å². The molecule has 142 valence electrons. The lowest BCUT2D eigenvalue weighted by Gasteiger charge is -2.12. The van der Waals surface area contributed by atoms with Crippen molar-refractivity contribution in [1.29, 1.82) is 0 Å². The van der Waals surface area contributed by atoms with Crippen molar-refractivity contribution in [2.24, 2.45) is 4.99 Å². The summed E-state index contributed by atoms with van der Waals surface area (Å²) in [4.78, 5) is 17.6. The number of benzene rings is 1. The van der Waals surface area contributed by atoms with Gasteiger partial charge in [-0.15, -0.1) is 35.3 Å². The van der Waals surface area contributed by atoms with Crippen LogP contribution >= 0.6 is 51.2 Å². The Bertz CT molecular complexity index is 722. The van der Waals surface area contributed by atoms with Crippen LogP contribution in [0.25, 0.3) is 0 Å². The minimum absolute atomic E-state index is 0. The largest absolute Gasteiger partial charge is 0.356 e. The first-order valence-corrected chi connectivity index (χ1v) is 9.78. The van der Waals surface area contributed by atoms with Crippen LogP contribution < -0.4 is 16.0 Å². The highest BCUT2D eigenvalue weighted by Crippen LogP contribution is 2.20. The van der Waals surface area contributed by atoms with Crippen LogP contribution in [0.2, 0.25) is 0 Å². The Balaban J connectivity index is 0.00000338. The van der Waals surface area contributed by atoms with E-state index in [1.807, 2.05) is 25.1 Å². The van der Waals surface area contributed by atoms with Gasteiger partial charge in [0, 0.05) is 41.6 Å². The first-order valence-electron chi connectivity index (χ1n) is 8.11. The first kappa shape index (κ1) is 22.9. The predicted molar refractivity (Wildman–Crippen MR) is 125 cm³/mol. The van der Waals surface area contributed by atoms with E-state index in [0.29, 0.717) is 18.9 Å². The Morgan fingerprint density at radius 3 is 2.69 bits per heavy atom. The number of carbonyl (C=O) groups excluding carboxylic acids is 1. The molecule has 5 nitrogen and oxygen atoms in total. The average Bonchev–Trinajstić information content (AvgIpc) is 3.10. The lowest BCUT2D eigenvalue weighted by molar-refractivity contribution is -0.116. The van der Waals surface area contributed by atoms with E-state index < -0.39 is 0 Å². The van der Waals surface area contributed by atoms with Crippen LogP contribution in [0.1, 0.15) is 16.9 Å². The van der Waals surface area contributed by atoms with Crippen LogP contribution in [-0.4, -0.2) is 32.0 Å². The second kappa shape index (κ2) is 12.3. The number of carbonyl (C=O) groups is 1. The third-order valence-electron chi connectivity index (χ3n) is 3.59. The summed E-state index contributed by atoms with van der Waals surface area (Å²) in [5, 5.41) is 11.4. The standard InChI is InChI=1S/C18H23BrN4OS.HI/c1-13-5-6-14(19)12-16(13)23-17(24)8-10-22-18(20-2)21-9-7-15-4-3-11-25-15;/h3-6,11-12H,7-10H2,1-2H3,(H,23,24)(H2,20,21,22);1H. The van der Waals surface area contributed by atoms with Gasteiger partial charge in [0.25, 0.3) is 0 Å². The summed E-state index contributed by atoms with van der Waals surface area (Å²) in [6.07, 6.45) is 1.33. The van der Waals surface area contributed by atoms with Gasteiger partial charge < -0.3 is 16.0 Å². The summed E-state index contributed by atoms with van der Waals surface area (Å²) in [6, 6.07) is 10.0. The van der Waals surface area contributed by atoms with Crippen molar-refractivity contribution < 1.29 is 4.79 Å². The van der Waals surface area contributed by atoms with Gasteiger partial charge in [0.1, 0.15) is 0 Å². The van der Waals surface area contributed by atoms with Crippen LogP contribution in [0.3, 0.4) is 0 Å². The topological polar surface area (TPSA) is 65.5 Å². The summed E-state index contributed by atoms with van der Waals surface area (Å²) in [7, 11) is 1.73. The van der Waals surface area contributed by atoms with Crippen LogP contribution in [0.15, 0.2) is 45.2 Å². The molecule has 0 saturated heterocycles. The fourth-order valence-electron chi connectivity index (χ4n) is 2.22. The summed E-state index contributed by atoms with van der Waals surface area (Å²) >= 11 is 5.17. The summed E-state index contributed by atoms with van der Waals surface area (Å²) in [5.74, 6) is 0.686. The molecule has 26 heavy (non-hydrogen) atoms. The molecule has 0 aliphatic heterocycles. The number of nitrogens with one attached hydrogen (secondary N) is 3. The van der Waals surface area contributed by atoms with Gasteiger partial charge in [-0.2, -0.15) is 0 Å². The minimum Gasteiger partial charge on any atom is -0.356 e. The highest BCUT2D eigenvalue weighted by Gasteiger charge is 2.06. The third kappa shape index (κ3) is 8.05. The molecule has 8 heteroatoms. The first-order chi connectivity index (χ1) is 12.1. The second-order valence-electron chi connectivity index (χ2n) is 5.51. The quantitative estimate of drug-likeness (QED) is 0.275. The van der Waals surface area contributed by atoms with E-state index in [9.17, 15) is 4.79 Å². The van der Waals surface area contributed by atoms with E-state index >= 15 is 0 Å². The summed E-state index contributed by atoms with van der Waals surface area (Å²) < 4.78 is 0.946. The van der Waals surface area contributed by atoms with Gasteiger partial charge in [0.2, 0.25) is 5.91 Å². The van der Waals surface area contributed by atoms with E-state index in [4.69, 9.17) is 0 Å². The Labute approximate surface area is 184 Å². The molecule has 1 aromatic carbocycles. The number of amides is 1. The Morgan fingerprint density at radius 2 is 2.00 bits per heavy atom. The molecule has 0 atom stereocenters. The van der Waals surface area contributed by atoms with E-state index in [2.05, 4.69) is 54.4 Å². The molecule has 0 radical (unpaired) electrons. The van der Waals surface area contributed by atoms with Crippen molar-refractivity contribution in [2.75, 3.05) is 25.5 Å². The smallest absolute Gasteiger partial charge is 0.226 e. The summed E-state index contributed by atoms with van der Waals surface area (Å²) in [5.41, 5.74) is 1.87. The third-order valence-corrected chi connectivity index (χ3v) is 5.02. The molecule has 0 unspecified atom stereocenters. The highest BCUT2D eigenvalue weighted by molar-refractivity contribution is 14.0. The van der Waals surface area contributed by atoms with Crippen LogP contribution in [0.5, 0.6) is 0 Å². The zero-order valence-electron chi connectivity index (χ0n) is 14.8. The monoisotopic (exact) mass is 550 g/mol. The number of nitrogens with zero attached hydrogens (tertiary/aromatic N) is 1. The zero-order chi connectivity index (χ0) is 18.1. The maximum atomic E-state index is 12.1. The van der Waals surface area contributed by atoms with Crippen LogP contribution in [0, 0.1) is 6.92 Å². The molecule has 0 bridgehead atoms. The molecule has 2 rings (SSSR count). The molecule has 1 aromatic heterocycles. The number of hydrogen-bond donors (Lipinski definition) is 3. The number of anilines is 1. The van der Waals surface area contributed by atoms with E-state index in [0.717, 1.165) is 28.7 Å². The molecular formula is C18H24BrIN4OS. The van der Waals surface area contributed by atoms with E-state index in [1.165, 1.54) is 4.88 Å². The van der Waals surface area contributed by atoms with Crippen molar-refractivity contribution in [3.05, 3.63) is 50.6 Å². The fourth-order valence-corrected chi connectivity index (χ4v) is 3.29. The Kier molecular flexibility index (Phi) is 10.8.